The van der Waals surface area contributed by atoms with Crippen LogP contribution >= 0.6 is 0 Å². The maximum atomic E-state index is 13.3. The van der Waals surface area contributed by atoms with Gasteiger partial charge in [0.05, 0.1) is 26.0 Å². The minimum atomic E-state index is -0.377. The Hall–Kier alpha value is -3.22. The average Bonchev–Trinajstić information content (AvgIpc) is 3.35. The third kappa shape index (κ3) is 4.36. The molecule has 0 radical (unpaired) electrons. The molecule has 7 nitrogen and oxygen atoms in total. The third-order valence-corrected chi connectivity index (χ3v) is 4.66. The molecule has 0 bridgehead atoms. The predicted octanol–water partition coefficient (Wildman–Crippen LogP) is 3.94. The lowest BCUT2D eigenvalue weighted by Gasteiger charge is -2.34. The standard InChI is InChI=1S/C21H25N3O4/c1-15(2)13-19(16-6-8-17(27-3)9-7-16)24(14-18-5-4-12-28-18)21(26)23-11-10-22-20(23)25/h4-9,12,19H,1,10-11,13-14H2,2-3H3,(H,22,25). The van der Waals surface area contributed by atoms with E-state index in [1.165, 1.54) is 4.90 Å². The molecule has 1 aromatic carbocycles. The molecule has 2 heterocycles. The Kier molecular flexibility index (Phi) is 6.03. The van der Waals surface area contributed by atoms with Crippen molar-refractivity contribution < 1.29 is 18.7 Å². The van der Waals surface area contributed by atoms with E-state index < -0.39 is 0 Å². The molecule has 1 N–H and O–H groups in total. The summed E-state index contributed by atoms with van der Waals surface area (Å²) in [6.07, 6.45) is 2.13. The molecule has 4 amide bonds. The van der Waals surface area contributed by atoms with Gasteiger partial charge in [0, 0.05) is 13.1 Å². The van der Waals surface area contributed by atoms with Crippen LogP contribution in [0.2, 0.25) is 0 Å². The summed E-state index contributed by atoms with van der Waals surface area (Å²) >= 11 is 0. The number of rotatable bonds is 7. The summed E-state index contributed by atoms with van der Waals surface area (Å²) in [6, 6.07) is 10.1. The molecule has 0 spiro atoms. The minimum Gasteiger partial charge on any atom is -0.497 e. The maximum absolute atomic E-state index is 13.3. The fourth-order valence-electron chi connectivity index (χ4n) is 3.25. The summed E-state index contributed by atoms with van der Waals surface area (Å²) in [7, 11) is 1.61. The van der Waals surface area contributed by atoms with Crippen molar-refractivity contribution in [3.05, 3.63) is 66.1 Å². The van der Waals surface area contributed by atoms with Crippen molar-refractivity contribution in [1.29, 1.82) is 0 Å². The number of furan rings is 1. The lowest BCUT2D eigenvalue weighted by Crippen LogP contribution is -2.46. The highest BCUT2D eigenvalue weighted by molar-refractivity contribution is 5.95. The number of nitrogens with one attached hydrogen (secondary N) is 1. The number of benzene rings is 1. The van der Waals surface area contributed by atoms with E-state index in [2.05, 4.69) is 11.9 Å². The van der Waals surface area contributed by atoms with E-state index >= 15 is 0 Å². The zero-order valence-corrected chi connectivity index (χ0v) is 16.2. The lowest BCUT2D eigenvalue weighted by molar-refractivity contribution is 0.136. The van der Waals surface area contributed by atoms with Gasteiger partial charge in [-0.15, -0.1) is 6.58 Å². The molecule has 1 aromatic heterocycles. The largest absolute Gasteiger partial charge is 0.497 e. The zero-order chi connectivity index (χ0) is 20.1. The van der Waals surface area contributed by atoms with Gasteiger partial charge in [-0.05, 0) is 43.2 Å². The van der Waals surface area contributed by atoms with Gasteiger partial charge < -0.3 is 19.4 Å². The molecule has 148 valence electrons. The highest BCUT2D eigenvalue weighted by Gasteiger charge is 2.34. The van der Waals surface area contributed by atoms with E-state index in [0.29, 0.717) is 25.3 Å². The first-order valence-corrected chi connectivity index (χ1v) is 9.16. The monoisotopic (exact) mass is 383 g/mol. The lowest BCUT2D eigenvalue weighted by atomic mass is 9.98. The van der Waals surface area contributed by atoms with Crippen molar-refractivity contribution >= 4 is 12.1 Å². The van der Waals surface area contributed by atoms with E-state index in [0.717, 1.165) is 16.9 Å². The van der Waals surface area contributed by atoms with E-state index in [-0.39, 0.29) is 24.6 Å². The molecule has 28 heavy (non-hydrogen) atoms. The Balaban J connectivity index is 1.97. The van der Waals surface area contributed by atoms with E-state index in [4.69, 9.17) is 9.15 Å². The molecule has 1 fully saturated rings. The van der Waals surface area contributed by atoms with Gasteiger partial charge >= 0.3 is 12.1 Å². The van der Waals surface area contributed by atoms with Gasteiger partial charge in [-0.2, -0.15) is 0 Å². The second-order valence-corrected chi connectivity index (χ2v) is 6.82. The molecule has 1 saturated heterocycles. The summed E-state index contributed by atoms with van der Waals surface area (Å²) in [4.78, 5) is 28.3. The van der Waals surface area contributed by atoms with Crippen molar-refractivity contribution in [2.24, 2.45) is 0 Å². The van der Waals surface area contributed by atoms with Crippen molar-refractivity contribution in [2.75, 3.05) is 20.2 Å². The maximum Gasteiger partial charge on any atom is 0.329 e. The molecular formula is C21H25N3O4. The fourth-order valence-corrected chi connectivity index (χ4v) is 3.25. The molecule has 0 aliphatic carbocycles. The first kappa shape index (κ1) is 19.5. The number of hydrogen-bond acceptors (Lipinski definition) is 4. The number of carbonyl (C=O) groups excluding carboxylic acids is 2. The van der Waals surface area contributed by atoms with E-state index in [1.807, 2.05) is 37.3 Å². The van der Waals surface area contributed by atoms with Crippen LogP contribution in [-0.2, 0) is 6.54 Å². The SMILES string of the molecule is C=C(C)CC(c1ccc(OC)cc1)N(Cc1ccco1)C(=O)N1CCNC1=O. The number of methoxy groups -OCH3 is 1. The molecular weight excluding hydrogens is 358 g/mol. The van der Waals surface area contributed by atoms with Crippen LogP contribution in [-0.4, -0.2) is 42.1 Å². The van der Waals surface area contributed by atoms with Crippen LogP contribution in [0.3, 0.4) is 0 Å². The summed E-state index contributed by atoms with van der Waals surface area (Å²) < 4.78 is 10.7. The number of amides is 4. The number of imide groups is 1. The topological polar surface area (TPSA) is 75.0 Å². The highest BCUT2D eigenvalue weighted by Crippen LogP contribution is 2.31. The van der Waals surface area contributed by atoms with Crippen LogP contribution < -0.4 is 10.1 Å². The van der Waals surface area contributed by atoms with Gasteiger partial charge in [-0.1, -0.05) is 17.7 Å². The molecule has 1 atom stereocenters. The molecule has 1 aliphatic heterocycles. The zero-order valence-electron chi connectivity index (χ0n) is 16.2. The number of ether oxygens (including phenoxy) is 1. The average molecular weight is 383 g/mol. The smallest absolute Gasteiger partial charge is 0.329 e. The Morgan fingerprint density at radius 2 is 2.11 bits per heavy atom. The Bertz CT molecular complexity index is 830. The van der Waals surface area contributed by atoms with Crippen molar-refractivity contribution in [3.63, 3.8) is 0 Å². The second-order valence-electron chi connectivity index (χ2n) is 6.82. The fraction of sp³-hybridized carbons (Fsp3) is 0.333. The summed E-state index contributed by atoms with van der Waals surface area (Å²) in [5.41, 5.74) is 1.87. The summed E-state index contributed by atoms with van der Waals surface area (Å²) in [5, 5.41) is 2.68. The first-order valence-electron chi connectivity index (χ1n) is 9.16. The van der Waals surface area contributed by atoms with Crippen molar-refractivity contribution in [1.82, 2.24) is 15.1 Å². The van der Waals surface area contributed by atoms with Gasteiger partial charge in [0.25, 0.3) is 0 Å². The predicted molar refractivity (Wildman–Crippen MR) is 105 cm³/mol. The van der Waals surface area contributed by atoms with Crippen LogP contribution in [0.25, 0.3) is 0 Å². The summed E-state index contributed by atoms with van der Waals surface area (Å²) in [5.74, 6) is 1.38. The van der Waals surface area contributed by atoms with Crippen LogP contribution in [0.1, 0.15) is 30.7 Å². The number of nitrogens with zero attached hydrogens (tertiary/aromatic N) is 2. The molecule has 0 saturated carbocycles. The summed E-state index contributed by atoms with van der Waals surface area (Å²) in [6.45, 7) is 6.99. The van der Waals surface area contributed by atoms with Gasteiger partial charge in [-0.25, -0.2) is 14.5 Å². The minimum absolute atomic E-state index is 0.250. The second kappa shape index (κ2) is 8.65. The highest BCUT2D eigenvalue weighted by atomic mass is 16.5. The molecule has 7 heteroatoms. The van der Waals surface area contributed by atoms with Crippen LogP contribution in [0, 0.1) is 0 Å². The quantitative estimate of drug-likeness (QED) is 0.735. The molecule has 1 aliphatic rings. The van der Waals surface area contributed by atoms with Crippen LogP contribution in [0.5, 0.6) is 5.75 Å². The van der Waals surface area contributed by atoms with Crippen molar-refractivity contribution in [3.8, 4) is 5.75 Å². The number of hydrogen-bond donors (Lipinski definition) is 1. The third-order valence-electron chi connectivity index (χ3n) is 4.66. The van der Waals surface area contributed by atoms with Gasteiger partial charge in [0.2, 0.25) is 0 Å². The Labute approximate surface area is 164 Å². The molecule has 3 rings (SSSR count). The Morgan fingerprint density at radius 1 is 1.36 bits per heavy atom. The van der Waals surface area contributed by atoms with Crippen LogP contribution in [0.15, 0.2) is 59.2 Å². The van der Waals surface area contributed by atoms with Crippen molar-refractivity contribution in [2.45, 2.75) is 25.9 Å². The normalized spacial score (nSPS) is 14.5. The van der Waals surface area contributed by atoms with Gasteiger partial charge in [0.1, 0.15) is 11.5 Å². The number of carbonyl (C=O) groups is 2. The van der Waals surface area contributed by atoms with Gasteiger partial charge in [0.15, 0.2) is 0 Å². The van der Waals surface area contributed by atoms with E-state index in [1.54, 1.807) is 24.3 Å². The number of urea groups is 2. The molecule has 1 unspecified atom stereocenters. The Morgan fingerprint density at radius 3 is 2.64 bits per heavy atom. The van der Waals surface area contributed by atoms with E-state index in [9.17, 15) is 9.59 Å². The first-order chi connectivity index (χ1) is 13.5. The van der Waals surface area contributed by atoms with Crippen LogP contribution in [0.4, 0.5) is 9.59 Å². The van der Waals surface area contributed by atoms with Gasteiger partial charge in [-0.3, -0.25) is 0 Å². The molecule has 2 aromatic rings.